The zero-order valence-electron chi connectivity index (χ0n) is 9.04. The van der Waals surface area contributed by atoms with Crippen LogP contribution in [-0.4, -0.2) is 10.5 Å². The SMILES string of the molecule is NC1(CCc2csc(C3CCC3)n2)CC1. The van der Waals surface area contributed by atoms with Gasteiger partial charge in [-0.3, -0.25) is 0 Å². The number of nitrogens with zero attached hydrogens (tertiary/aromatic N) is 1. The van der Waals surface area contributed by atoms with Gasteiger partial charge in [-0.2, -0.15) is 0 Å². The molecule has 82 valence electrons. The molecule has 3 rings (SSSR count). The molecule has 0 aliphatic heterocycles. The van der Waals surface area contributed by atoms with Gasteiger partial charge in [-0.25, -0.2) is 4.98 Å². The Kier molecular flexibility index (Phi) is 2.33. The predicted octanol–water partition coefficient (Wildman–Crippen LogP) is 2.83. The predicted molar refractivity (Wildman–Crippen MR) is 63.2 cm³/mol. The molecule has 0 aromatic carbocycles. The molecule has 1 aromatic rings. The summed E-state index contributed by atoms with van der Waals surface area (Å²) in [5.74, 6) is 0.788. The third kappa shape index (κ3) is 2.08. The van der Waals surface area contributed by atoms with Gasteiger partial charge in [0, 0.05) is 16.8 Å². The quantitative estimate of drug-likeness (QED) is 0.850. The first kappa shape index (κ1) is 9.79. The van der Waals surface area contributed by atoms with Gasteiger partial charge in [0.2, 0.25) is 0 Å². The molecule has 2 saturated carbocycles. The second-order valence-electron chi connectivity index (χ2n) is 5.17. The second-order valence-corrected chi connectivity index (χ2v) is 6.06. The van der Waals surface area contributed by atoms with E-state index in [-0.39, 0.29) is 5.54 Å². The second kappa shape index (κ2) is 3.56. The van der Waals surface area contributed by atoms with Crippen molar-refractivity contribution in [1.29, 1.82) is 0 Å². The van der Waals surface area contributed by atoms with Gasteiger partial charge in [0.1, 0.15) is 0 Å². The monoisotopic (exact) mass is 222 g/mol. The molecular weight excluding hydrogens is 204 g/mol. The van der Waals surface area contributed by atoms with Crippen molar-refractivity contribution in [2.45, 2.75) is 56.4 Å². The van der Waals surface area contributed by atoms with Crippen molar-refractivity contribution in [2.75, 3.05) is 0 Å². The number of hydrogen-bond acceptors (Lipinski definition) is 3. The molecule has 2 aliphatic rings. The summed E-state index contributed by atoms with van der Waals surface area (Å²) in [7, 11) is 0. The molecule has 1 aromatic heterocycles. The third-order valence-corrected chi connectivity index (χ3v) is 4.85. The number of nitrogens with two attached hydrogens (primary N) is 1. The van der Waals surface area contributed by atoms with Crippen molar-refractivity contribution in [3.05, 3.63) is 16.1 Å². The lowest BCUT2D eigenvalue weighted by atomic mass is 9.86. The molecule has 0 spiro atoms. The molecule has 2 aliphatic carbocycles. The molecule has 15 heavy (non-hydrogen) atoms. The molecule has 0 bridgehead atoms. The van der Waals surface area contributed by atoms with Crippen molar-refractivity contribution < 1.29 is 0 Å². The number of thiazole rings is 1. The number of rotatable bonds is 4. The number of aryl methyl sites for hydroxylation is 1. The Morgan fingerprint density at radius 1 is 1.47 bits per heavy atom. The van der Waals surface area contributed by atoms with Crippen molar-refractivity contribution >= 4 is 11.3 Å². The van der Waals surface area contributed by atoms with Crippen molar-refractivity contribution in [3.63, 3.8) is 0 Å². The fourth-order valence-corrected chi connectivity index (χ4v) is 3.09. The van der Waals surface area contributed by atoms with Crippen LogP contribution in [0.15, 0.2) is 5.38 Å². The van der Waals surface area contributed by atoms with Gasteiger partial charge >= 0.3 is 0 Å². The molecule has 0 amide bonds. The minimum atomic E-state index is 0.181. The van der Waals surface area contributed by atoms with Gasteiger partial charge < -0.3 is 5.73 Å². The van der Waals surface area contributed by atoms with E-state index in [1.807, 2.05) is 11.3 Å². The van der Waals surface area contributed by atoms with E-state index in [0.29, 0.717) is 0 Å². The average Bonchev–Trinajstić information content (AvgIpc) is 2.71. The highest BCUT2D eigenvalue weighted by Crippen LogP contribution is 2.39. The van der Waals surface area contributed by atoms with Crippen LogP contribution in [-0.2, 0) is 6.42 Å². The van der Waals surface area contributed by atoms with Gasteiger partial charge in [-0.05, 0) is 38.5 Å². The van der Waals surface area contributed by atoms with Crippen LogP contribution in [0.1, 0.15) is 55.1 Å². The fourth-order valence-electron chi connectivity index (χ4n) is 2.07. The van der Waals surface area contributed by atoms with Gasteiger partial charge in [0.25, 0.3) is 0 Å². The molecule has 2 N–H and O–H groups in total. The maximum absolute atomic E-state index is 6.07. The summed E-state index contributed by atoms with van der Waals surface area (Å²) in [6.45, 7) is 0. The van der Waals surface area contributed by atoms with Crippen LogP contribution in [0.3, 0.4) is 0 Å². The zero-order chi connectivity index (χ0) is 10.3. The minimum Gasteiger partial charge on any atom is -0.325 e. The van der Waals surface area contributed by atoms with Crippen LogP contribution in [0.4, 0.5) is 0 Å². The Hall–Kier alpha value is -0.410. The van der Waals surface area contributed by atoms with Gasteiger partial charge in [0.15, 0.2) is 0 Å². The molecule has 0 radical (unpaired) electrons. The molecule has 1 heterocycles. The Morgan fingerprint density at radius 2 is 2.27 bits per heavy atom. The van der Waals surface area contributed by atoms with Crippen LogP contribution in [0.25, 0.3) is 0 Å². The number of hydrogen-bond donors (Lipinski definition) is 1. The summed E-state index contributed by atoms with van der Waals surface area (Å²) in [5, 5.41) is 3.61. The molecule has 0 atom stereocenters. The minimum absolute atomic E-state index is 0.181. The summed E-state index contributed by atoms with van der Waals surface area (Å²) in [6, 6.07) is 0. The van der Waals surface area contributed by atoms with Gasteiger partial charge in [-0.1, -0.05) is 6.42 Å². The summed E-state index contributed by atoms with van der Waals surface area (Å²) >= 11 is 1.85. The Balaban J connectivity index is 1.58. The summed E-state index contributed by atoms with van der Waals surface area (Å²) in [5.41, 5.74) is 7.53. The van der Waals surface area contributed by atoms with E-state index in [0.717, 1.165) is 18.8 Å². The molecule has 0 saturated heterocycles. The van der Waals surface area contributed by atoms with E-state index in [1.54, 1.807) is 0 Å². The highest BCUT2D eigenvalue weighted by atomic mass is 32.1. The Bertz CT molecular complexity index is 350. The lowest BCUT2D eigenvalue weighted by Crippen LogP contribution is -2.22. The van der Waals surface area contributed by atoms with Gasteiger partial charge in [-0.15, -0.1) is 11.3 Å². The largest absolute Gasteiger partial charge is 0.325 e. The van der Waals surface area contributed by atoms with Crippen LogP contribution in [0.5, 0.6) is 0 Å². The molecule has 2 nitrogen and oxygen atoms in total. The van der Waals surface area contributed by atoms with E-state index in [2.05, 4.69) is 5.38 Å². The van der Waals surface area contributed by atoms with Crippen molar-refractivity contribution in [1.82, 2.24) is 4.98 Å². The van der Waals surface area contributed by atoms with Gasteiger partial charge in [0.05, 0.1) is 10.7 Å². The van der Waals surface area contributed by atoms with E-state index >= 15 is 0 Å². The topological polar surface area (TPSA) is 38.9 Å². The molecule has 3 heteroatoms. The normalized spacial score (nSPS) is 23.8. The standard InChI is InChI=1S/C12H18N2S/c13-12(6-7-12)5-4-10-8-15-11(14-10)9-2-1-3-9/h8-9H,1-7,13H2. The average molecular weight is 222 g/mol. The first-order valence-electron chi connectivity index (χ1n) is 5.98. The molecule has 0 unspecified atom stereocenters. The maximum Gasteiger partial charge on any atom is 0.0959 e. The van der Waals surface area contributed by atoms with Crippen LogP contribution in [0.2, 0.25) is 0 Å². The lowest BCUT2D eigenvalue weighted by Gasteiger charge is -2.22. The third-order valence-electron chi connectivity index (χ3n) is 3.80. The molecule has 2 fully saturated rings. The van der Waals surface area contributed by atoms with Crippen molar-refractivity contribution in [2.24, 2.45) is 5.73 Å². The first-order chi connectivity index (χ1) is 7.25. The van der Waals surface area contributed by atoms with Crippen LogP contribution in [0, 0.1) is 0 Å². The van der Waals surface area contributed by atoms with Crippen molar-refractivity contribution in [3.8, 4) is 0 Å². The fraction of sp³-hybridized carbons (Fsp3) is 0.750. The summed E-state index contributed by atoms with van der Waals surface area (Å²) < 4.78 is 0. The highest BCUT2D eigenvalue weighted by molar-refractivity contribution is 7.09. The first-order valence-corrected chi connectivity index (χ1v) is 6.86. The Morgan fingerprint density at radius 3 is 2.87 bits per heavy atom. The zero-order valence-corrected chi connectivity index (χ0v) is 9.85. The smallest absolute Gasteiger partial charge is 0.0959 e. The van der Waals surface area contributed by atoms with E-state index in [1.165, 1.54) is 42.8 Å². The summed E-state index contributed by atoms with van der Waals surface area (Å²) in [6.07, 6.45) is 8.74. The maximum atomic E-state index is 6.07. The summed E-state index contributed by atoms with van der Waals surface area (Å²) in [4.78, 5) is 4.73. The van der Waals surface area contributed by atoms with E-state index < -0.39 is 0 Å². The lowest BCUT2D eigenvalue weighted by molar-refractivity contribution is 0.417. The molecular formula is C12H18N2S. The van der Waals surface area contributed by atoms with Crippen LogP contribution < -0.4 is 5.73 Å². The van der Waals surface area contributed by atoms with Crippen LogP contribution >= 0.6 is 11.3 Å². The highest BCUT2D eigenvalue weighted by Gasteiger charge is 2.37. The Labute approximate surface area is 94.9 Å². The number of aromatic nitrogens is 1. The van der Waals surface area contributed by atoms with E-state index in [9.17, 15) is 0 Å². The van der Waals surface area contributed by atoms with E-state index in [4.69, 9.17) is 10.7 Å².